The van der Waals surface area contributed by atoms with Crippen molar-refractivity contribution in [3.8, 4) is 5.75 Å². The molecule has 158 valence electrons. The van der Waals surface area contributed by atoms with E-state index in [2.05, 4.69) is 26.5 Å². The number of aliphatic imine (C=N–C) groups is 1. The number of aromatic nitrogens is 2. The number of nitrogens with zero attached hydrogens (tertiary/aromatic N) is 4. The molecule has 0 saturated carbocycles. The van der Waals surface area contributed by atoms with Crippen LogP contribution in [0.25, 0.3) is 0 Å². The summed E-state index contributed by atoms with van der Waals surface area (Å²) in [6, 6.07) is 3.02. The topological polar surface area (TPSA) is 63.9 Å². The normalized spacial score (nSPS) is 18.8. The first-order valence-electron chi connectivity index (χ1n) is 9.60. The lowest BCUT2D eigenvalue weighted by Gasteiger charge is -2.23. The molecule has 1 aromatic heterocycles. The van der Waals surface area contributed by atoms with Crippen molar-refractivity contribution >= 4 is 29.9 Å². The molecule has 1 saturated heterocycles. The quantitative estimate of drug-likeness (QED) is 0.386. The number of fused-ring (bicyclic) bond motifs is 1. The van der Waals surface area contributed by atoms with E-state index in [9.17, 15) is 4.39 Å². The summed E-state index contributed by atoms with van der Waals surface area (Å²) < 4.78 is 26.6. The fourth-order valence-electron chi connectivity index (χ4n) is 3.96. The molecule has 7 nitrogen and oxygen atoms in total. The van der Waals surface area contributed by atoms with Crippen LogP contribution in [0.15, 0.2) is 29.5 Å². The lowest BCUT2D eigenvalue weighted by Crippen LogP contribution is -2.40. The fraction of sp³-hybridized carbons (Fsp3) is 0.500. The summed E-state index contributed by atoms with van der Waals surface area (Å²) in [5.41, 5.74) is 2.90. The largest absolute Gasteiger partial charge is 0.467 e. The standard InChI is InChI=1S/C20H26FN5O2.HI/c1-22-20(26-6-4-15(11-26)17-9-24-25(2)10-17)23-5-3-14-7-18(21)8-16-12-27-13-28-19(14)16;/h7-10,15H,3-6,11-13H2,1-2H3,(H,22,23);1H. The maximum Gasteiger partial charge on any atom is 0.193 e. The molecule has 4 rings (SSSR count). The van der Waals surface area contributed by atoms with Crippen LogP contribution < -0.4 is 10.1 Å². The van der Waals surface area contributed by atoms with Crippen LogP contribution in [0, 0.1) is 5.82 Å². The molecular weight excluding hydrogens is 488 g/mol. The van der Waals surface area contributed by atoms with Crippen LogP contribution in [0.2, 0.25) is 0 Å². The zero-order chi connectivity index (χ0) is 19.5. The first-order valence-corrected chi connectivity index (χ1v) is 9.60. The summed E-state index contributed by atoms with van der Waals surface area (Å²) in [4.78, 5) is 6.69. The van der Waals surface area contributed by atoms with E-state index in [1.807, 2.05) is 17.9 Å². The van der Waals surface area contributed by atoms with Gasteiger partial charge in [-0.15, -0.1) is 24.0 Å². The van der Waals surface area contributed by atoms with Crippen molar-refractivity contribution in [1.29, 1.82) is 0 Å². The van der Waals surface area contributed by atoms with Crippen LogP contribution in [0.1, 0.15) is 29.0 Å². The Morgan fingerprint density at radius 3 is 3.03 bits per heavy atom. The molecule has 0 bridgehead atoms. The van der Waals surface area contributed by atoms with E-state index < -0.39 is 0 Å². The molecule has 1 unspecified atom stereocenters. The molecule has 2 aromatic rings. The Hall–Kier alpha value is -1.88. The van der Waals surface area contributed by atoms with E-state index in [0.29, 0.717) is 25.5 Å². The average Bonchev–Trinajstić information content (AvgIpc) is 3.34. The lowest BCUT2D eigenvalue weighted by atomic mass is 10.0. The van der Waals surface area contributed by atoms with Crippen LogP contribution >= 0.6 is 24.0 Å². The lowest BCUT2D eigenvalue weighted by molar-refractivity contribution is -0.0172. The Morgan fingerprint density at radius 2 is 2.28 bits per heavy atom. The van der Waals surface area contributed by atoms with Gasteiger partial charge in [-0.25, -0.2) is 4.39 Å². The molecule has 1 N–H and O–H groups in total. The van der Waals surface area contributed by atoms with Crippen molar-refractivity contribution in [3.63, 3.8) is 0 Å². The maximum absolute atomic E-state index is 13.9. The smallest absolute Gasteiger partial charge is 0.193 e. The Bertz CT molecular complexity index is 873. The molecule has 3 heterocycles. The van der Waals surface area contributed by atoms with E-state index in [1.54, 1.807) is 13.1 Å². The van der Waals surface area contributed by atoms with E-state index in [-0.39, 0.29) is 36.6 Å². The first-order chi connectivity index (χ1) is 13.6. The van der Waals surface area contributed by atoms with Crippen molar-refractivity contribution in [2.45, 2.75) is 25.4 Å². The third-order valence-electron chi connectivity index (χ3n) is 5.32. The van der Waals surface area contributed by atoms with Crippen molar-refractivity contribution in [1.82, 2.24) is 20.0 Å². The minimum Gasteiger partial charge on any atom is -0.467 e. The predicted molar refractivity (Wildman–Crippen MR) is 119 cm³/mol. The van der Waals surface area contributed by atoms with Crippen molar-refractivity contribution in [3.05, 3.63) is 47.0 Å². The summed E-state index contributed by atoms with van der Waals surface area (Å²) in [5.74, 6) is 1.84. The number of rotatable bonds is 4. The van der Waals surface area contributed by atoms with Gasteiger partial charge in [-0.3, -0.25) is 9.67 Å². The highest BCUT2D eigenvalue weighted by molar-refractivity contribution is 14.0. The Kier molecular flexibility index (Phi) is 7.33. The van der Waals surface area contributed by atoms with Gasteiger partial charge in [0.25, 0.3) is 0 Å². The molecule has 0 radical (unpaired) electrons. The molecule has 0 spiro atoms. The zero-order valence-electron chi connectivity index (χ0n) is 16.7. The van der Waals surface area contributed by atoms with Gasteiger partial charge in [-0.2, -0.15) is 5.10 Å². The molecule has 0 amide bonds. The Morgan fingerprint density at radius 1 is 1.41 bits per heavy atom. The van der Waals surface area contributed by atoms with E-state index in [1.165, 1.54) is 11.6 Å². The van der Waals surface area contributed by atoms with Gasteiger partial charge in [0, 0.05) is 51.4 Å². The average molecular weight is 515 g/mol. The molecule has 1 atom stereocenters. The number of guanidine groups is 1. The number of likely N-dealkylation sites (tertiary alicyclic amines) is 1. The van der Waals surface area contributed by atoms with Gasteiger partial charge in [0.2, 0.25) is 0 Å². The molecule has 29 heavy (non-hydrogen) atoms. The molecule has 1 aromatic carbocycles. The fourth-order valence-corrected chi connectivity index (χ4v) is 3.96. The van der Waals surface area contributed by atoms with Gasteiger partial charge in [0.05, 0.1) is 12.8 Å². The number of hydrogen-bond acceptors (Lipinski definition) is 4. The number of aryl methyl sites for hydroxylation is 1. The van der Waals surface area contributed by atoms with Gasteiger partial charge >= 0.3 is 0 Å². The number of hydrogen-bond donors (Lipinski definition) is 1. The van der Waals surface area contributed by atoms with Gasteiger partial charge < -0.3 is 19.7 Å². The summed E-state index contributed by atoms with van der Waals surface area (Å²) in [5, 5.41) is 7.69. The molecule has 1 fully saturated rings. The predicted octanol–water partition coefficient (Wildman–Crippen LogP) is 2.65. The second-order valence-electron chi connectivity index (χ2n) is 7.27. The second kappa shape index (κ2) is 9.75. The molecule has 2 aliphatic rings. The number of nitrogens with one attached hydrogen (secondary N) is 1. The SMILES string of the molecule is CN=C(NCCc1cc(F)cc2c1OCOC2)N1CCC(c2cnn(C)c2)C1.I. The van der Waals surface area contributed by atoms with E-state index in [0.717, 1.165) is 42.3 Å². The third kappa shape index (κ3) is 5.00. The minimum atomic E-state index is -0.258. The van der Waals surface area contributed by atoms with Crippen LogP contribution in [-0.2, 0) is 24.8 Å². The Labute approximate surface area is 187 Å². The molecule has 0 aliphatic carbocycles. The van der Waals surface area contributed by atoms with E-state index in [4.69, 9.17) is 9.47 Å². The summed E-state index contributed by atoms with van der Waals surface area (Å²) in [6.07, 6.45) is 5.76. The monoisotopic (exact) mass is 515 g/mol. The molecular formula is C20H27FIN5O2. The summed E-state index contributed by atoms with van der Waals surface area (Å²) in [6.45, 7) is 3.13. The number of benzene rings is 1. The van der Waals surface area contributed by atoms with Gasteiger partial charge in [0.1, 0.15) is 11.6 Å². The van der Waals surface area contributed by atoms with Gasteiger partial charge in [-0.1, -0.05) is 0 Å². The third-order valence-corrected chi connectivity index (χ3v) is 5.32. The molecule has 9 heteroatoms. The van der Waals surface area contributed by atoms with Crippen molar-refractivity contribution < 1.29 is 13.9 Å². The summed E-state index contributed by atoms with van der Waals surface area (Å²) in [7, 11) is 3.74. The van der Waals surface area contributed by atoms with E-state index >= 15 is 0 Å². The highest BCUT2D eigenvalue weighted by atomic mass is 127. The van der Waals surface area contributed by atoms with Crippen LogP contribution in [0.4, 0.5) is 4.39 Å². The highest BCUT2D eigenvalue weighted by Crippen LogP contribution is 2.30. The highest BCUT2D eigenvalue weighted by Gasteiger charge is 2.27. The van der Waals surface area contributed by atoms with Crippen LogP contribution in [0.3, 0.4) is 0 Å². The van der Waals surface area contributed by atoms with Gasteiger partial charge in [-0.05, 0) is 36.1 Å². The number of ether oxygens (including phenoxy) is 2. The molecule has 2 aliphatic heterocycles. The first kappa shape index (κ1) is 21.8. The second-order valence-corrected chi connectivity index (χ2v) is 7.27. The van der Waals surface area contributed by atoms with Gasteiger partial charge in [0.15, 0.2) is 12.8 Å². The zero-order valence-corrected chi connectivity index (χ0v) is 19.1. The van der Waals surface area contributed by atoms with Crippen LogP contribution in [0.5, 0.6) is 5.75 Å². The number of halogens is 2. The van der Waals surface area contributed by atoms with Crippen LogP contribution in [-0.4, -0.2) is 54.1 Å². The van der Waals surface area contributed by atoms with Crippen molar-refractivity contribution in [2.75, 3.05) is 33.5 Å². The van der Waals surface area contributed by atoms with Crippen molar-refractivity contribution in [2.24, 2.45) is 12.0 Å². The minimum absolute atomic E-state index is 0. The maximum atomic E-state index is 13.9. The summed E-state index contributed by atoms with van der Waals surface area (Å²) >= 11 is 0. The Balaban J connectivity index is 0.00000240.